The summed E-state index contributed by atoms with van der Waals surface area (Å²) >= 11 is 6.13. The third-order valence-electron chi connectivity index (χ3n) is 6.10. The van der Waals surface area contributed by atoms with Crippen LogP contribution in [-0.2, 0) is 11.3 Å². The molecule has 1 aliphatic rings. The number of anilines is 2. The van der Waals surface area contributed by atoms with Crippen molar-refractivity contribution in [1.82, 2.24) is 10.2 Å². The molecule has 2 amide bonds. The lowest BCUT2D eigenvalue weighted by Gasteiger charge is -2.37. The van der Waals surface area contributed by atoms with Crippen molar-refractivity contribution in [3.8, 4) is 0 Å². The SMILES string of the molecule is NC(=O)[C@H](CO)NCc1ccc(C(=O)Nc2ccc(Cl)cc2N2CCN(CCC(F)(F)F)CC2)c(F)c1F. The highest BCUT2D eigenvalue weighted by molar-refractivity contribution is 6.31. The van der Waals surface area contributed by atoms with Crippen molar-refractivity contribution < 1.29 is 36.6 Å². The molecular weight excluding hydrogens is 537 g/mol. The molecule has 0 bridgehead atoms. The van der Waals surface area contributed by atoms with Crippen LogP contribution < -0.4 is 21.3 Å². The van der Waals surface area contributed by atoms with Crippen molar-refractivity contribution in [2.75, 3.05) is 49.5 Å². The van der Waals surface area contributed by atoms with Gasteiger partial charge in [-0.15, -0.1) is 0 Å². The molecule has 0 saturated carbocycles. The van der Waals surface area contributed by atoms with Crippen molar-refractivity contribution in [3.63, 3.8) is 0 Å². The van der Waals surface area contributed by atoms with E-state index in [9.17, 15) is 31.5 Å². The molecule has 0 radical (unpaired) electrons. The van der Waals surface area contributed by atoms with Crippen molar-refractivity contribution in [2.45, 2.75) is 25.2 Å². The molecule has 1 aliphatic heterocycles. The fourth-order valence-electron chi connectivity index (χ4n) is 3.95. The normalized spacial score (nSPS) is 15.4. The van der Waals surface area contributed by atoms with Gasteiger partial charge >= 0.3 is 6.18 Å². The summed E-state index contributed by atoms with van der Waals surface area (Å²) in [5.41, 5.74) is 5.09. The number of primary amides is 1. The van der Waals surface area contributed by atoms with E-state index in [2.05, 4.69) is 10.6 Å². The Labute approximate surface area is 220 Å². The van der Waals surface area contributed by atoms with E-state index in [1.165, 1.54) is 18.2 Å². The highest BCUT2D eigenvalue weighted by atomic mass is 35.5. The molecule has 5 N–H and O–H groups in total. The average Bonchev–Trinajstić information content (AvgIpc) is 2.86. The number of nitrogens with one attached hydrogen (secondary N) is 2. The summed E-state index contributed by atoms with van der Waals surface area (Å²) in [5, 5.41) is 14.5. The predicted octanol–water partition coefficient (Wildman–Crippen LogP) is 2.88. The first-order chi connectivity index (χ1) is 17.9. The number of carbonyl (C=O) groups excluding carboxylic acids is 2. The highest BCUT2D eigenvalue weighted by Crippen LogP contribution is 2.31. The smallest absolute Gasteiger partial charge is 0.390 e. The number of benzene rings is 2. The second-order valence-corrected chi connectivity index (χ2v) is 9.16. The highest BCUT2D eigenvalue weighted by Gasteiger charge is 2.29. The number of nitrogens with two attached hydrogens (primary N) is 1. The molecule has 1 atom stereocenters. The van der Waals surface area contributed by atoms with E-state index in [4.69, 9.17) is 22.4 Å². The van der Waals surface area contributed by atoms with Crippen LogP contribution in [-0.4, -0.2) is 73.4 Å². The molecule has 0 unspecified atom stereocenters. The summed E-state index contributed by atoms with van der Waals surface area (Å²) in [6, 6.07) is 5.66. The lowest BCUT2D eigenvalue weighted by Crippen LogP contribution is -2.47. The van der Waals surface area contributed by atoms with Gasteiger partial charge in [0.2, 0.25) is 5.91 Å². The summed E-state index contributed by atoms with van der Waals surface area (Å²) in [4.78, 5) is 27.6. The number of nitrogens with zero attached hydrogens (tertiary/aromatic N) is 2. The Morgan fingerprint density at radius 1 is 1.08 bits per heavy atom. The molecule has 2 aromatic rings. The van der Waals surface area contributed by atoms with Gasteiger partial charge in [-0.2, -0.15) is 13.2 Å². The molecule has 14 heteroatoms. The van der Waals surface area contributed by atoms with Crippen molar-refractivity contribution in [1.29, 1.82) is 0 Å². The minimum absolute atomic E-state index is 0.115. The maximum Gasteiger partial charge on any atom is 0.390 e. The number of hydrogen-bond acceptors (Lipinski definition) is 6. The molecule has 1 heterocycles. The fourth-order valence-corrected chi connectivity index (χ4v) is 4.11. The summed E-state index contributed by atoms with van der Waals surface area (Å²) in [6.45, 7) is 0.380. The van der Waals surface area contributed by atoms with Gasteiger partial charge in [0, 0.05) is 49.9 Å². The van der Waals surface area contributed by atoms with Crippen LogP contribution >= 0.6 is 11.6 Å². The van der Waals surface area contributed by atoms with Gasteiger partial charge in [-0.1, -0.05) is 17.7 Å². The first kappa shape index (κ1) is 29.6. The van der Waals surface area contributed by atoms with Gasteiger partial charge in [0.1, 0.15) is 6.04 Å². The Morgan fingerprint density at radius 3 is 2.37 bits per heavy atom. The van der Waals surface area contributed by atoms with Crippen LogP contribution in [0.5, 0.6) is 0 Å². The first-order valence-corrected chi connectivity index (χ1v) is 12.0. The number of amides is 2. The van der Waals surface area contributed by atoms with E-state index < -0.39 is 54.3 Å². The van der Waals surface area contributed by atoms with Crippen molar-refractivity contribution >= 4 is 34.8 Å². The number of halogens is 6. The Balaban J connectivity index is 1.71. The van der Waals surface area contributed by atoms with E-state index >= 15 is 0 Å². The van der Waals surface area contributed by atoms with Crippen LogP contribution in [0, 0.1) is 11.6 Å². The van der Waals surface area contributed by atoms with E-state index in [0.717, 1.165) is 6.07 Å². The van der Waals surface area contributed by atoms with Gasteiger partial charge in [0.05, 0.1) is 30.0 Å². The lowest BCUT2D eigenvalue weighted by molar-refractivity contribution is -0.138. The molecule has 0 aliphatic carbocycles. The van der Waals surface area contributed by atoms with E-state index in [1.54, 1.807) is 11.0 Å². The molecule has 208 valence electrons. The summed E-state index contributed by atoms with van der Waals surface area (Å²) in [6.07, 6.45) is -5.15. The maximum absolute atomic E-state index is 14.8. The second kappa shape index (κ2) is 12.7. The third-order valence-corrected chi connectivity index (χ3v) is 6.34. The van der Waals surface area contributed by atoms with Gasteiger partial charge in [-0.05, 0) is 24.3 Å². The molecule has 3 rings (SSSR count). The van der Waals surface area contributed by atoms with Gasteiger partial charge in [-0.3, -0.25) is 19.8 Å². The first-order valence-electron chi connectivity index (χ1n) is 11.6. The van der Waals surface area contributed by atoms with E-state index in [-0.39, 0.29) is 24.3 Å². The van der Waals surface area contributed by atoms with Crippen molar-refractivity contribution in [2.24, 2.45) is 5.73 Å². The zero-order valence-electron chi connectivity index (χ0n) is 20.1. The zero-order chi connectivity index (χ0) is 28.0. The van der Waals surface area contributed by atoms with Crippen LogP contribution in [0.15, 0.2) is 30.3 Å². The number of aliphatic hydroxyl groups is 1. The van der Waals surface area contributed by atoms with Crippen LogP contribution in [0.3, 0.4) is 0 Å². The second-order valence-electron chi connectivity index (χ2n) is 8.73. The molecule has 38 heavy (non-hydrogen) atoms. The molecule has 1 saturated heterocycles. The maximum atomic E-state index is 14.8. The fraction of sp³-hybridized carbons (Fsp3) is 0.417. The van der Waals surface area contributed by atoms with Gasteiger partial charge < -0.3 is 21.1 Å². The standard InChI is InChI=1S/C24H27ClF5N5O3/c25-15-2-4-17(19(11-15)35-9-7-34(8-10-35)6-5-24(28,29)30)33-23(38)16-3-1-14(20(26)21(16)27)12-32-18(13-36)22(31)37/h1-4,11,18,32,36H,5-10,12-13H2,(H2,31,37)(H,33,38)/t18-/m0/s1. The van der Waals surface area contributed by atoms with Crippen LogP contribution in [0.1, 0.15) is 22.3 Å². The predicted molar refractivity (Wildman–Crippen MR) is 132 cm³/mol. The van der Waals surface area contributed by atoms with Crippen LogP contribution in [0.25, 0.3) is 0 Å². The monoisotopic (exact) mass is 563 g/mol. The topological polar surface area (TPSA) is 111 Å². The number of aliphatic hydroxyl groups excluding tert-OH is 1. The Hall–Kier alpha value is -3.00. The van der Waals surface area contributed by atoms with E-state index in [1.807, 2.05) is 4.90 Å². The minimum atomic E-state index is -4.24. The summed E-state index contributed by atoms with van der Waals surface area (Å²) in [5.74, 6) is -4.52. The minimum Gasteiger partial charge on any atom is -0.394 e. The average molecular weight is 564 g/mol. The zero-order valence-corrected chi connectivity index (χ0v) is 20.9. The van der Waals surface area contributed by atoms with Crippen LogP contribution in [0.2, 0.25) is 5.02 Å². The lowest BCUT2D eigenvalue weighted by atomic mass is 10.1. The van der Waals surface area contributed by atoms with Crippen molar-refractivity contribution in [3.05, 3.63) is 58.1 Å². The summed E-state index contributed by atoms with van der Waals surface area (Å²) < 4.78 is 67.0. The Kier molecular flexibility index (Phi) is 9.88. The van der Waals surface area contributed by atoms with Crippen LogP contribution in [0.4, 0.5) is 33.3 Å². The third kappa shape index (κ3) is 7.76. The molecule has 8 nitrogen and oxygen atoms in total. The Morgan fingerprint density at radius 2 is 1.76 bits per heavy atom. The number of hydrogen-bond donors (Lipinski definition) is 4. The quantitative estimate of drug-likeness (QED) is 0.331. The number of alkyl halides is 3. The molecule has 0 aromatic heterocycles. The van der Waals surface area contributed by atoms with E-state index in [0.29, 0.717) is 36.9 Å². The number of carbonyl (C=O) groups is 2. The molecular formula is C24H27ClF5N5O3. The Bertz CT molecular complexity index is 1160. The van der Waals surface area contributed by atoms with Gasteiger partial charge in [0.25, 0.3) is 5.91 Å². The van der Waals surface area contributed by atoms with Gasteiger partial charge in [-0.25, -0.2) is 8.78 Å². The van der Waals surface area contributed by atoms with Gasteiger partial charge in [0.15, 0.2) is 11.6 Å². The number of rotatable bonds is 10. The molecule has 0 spiro atoms. The largest absolute Gasteiger partial charge is 0.394 e. The molecule has 1 fully saturated rings. The summed E-state index contributed by atoms with van der Waals surface area (Å²) in [7, 11) is 0. The number of piperazine rings is 1. The molecule has 2 aromatic carbocycles.